The molecule has 10 rings (SSSR count). The van der Waals surface area contributed by atoms with Crippen molar-refractivity contribution in [3.63, 3.8) is 0 Å². The van der Waals surface area contributed by atoms with Crippen molar-refractivity contribution >= 4 is 27.5 Å². The SMILES string of the molecule is C#Cc1c(F)ccc2cc(O)cc(-c3c(C#N)cc4c(N5CC6CCC(C5)N6)nc(OCC5(CN6CC7CC(C6)O7)CC5)nc4c3F)c12. The zero-order valence-corrected chi connectivity index (χ0v) is 26.3. The Balaban J connectivity index is 1.16. The van der Waals surface area contributed by atoms with Gasteiger partial charge in [-0.3, -0.25) is 4.90 Å². The van der Waals surface area contributed by atoms with Gasteiger partial charge in [0.05, 0.1) is 36.0 Å². The first-order chi connectivity index (χ1) is 23.3. The molecule has 1 aliphatic carbocycles. The Morgan fingerprint density at radius 3 is 2.52 bits per heavy atom. The first-order valence-corrected chi connectivity index (χ1v) is 16.7. The Labute approximate surface area is 276 Å². The number of benzene rings is 3. The van der Waals surface area contributed by atoms with Crippen molar-refractivity contribution in [3.05, 3.63) is 53.1 Å². The molecule has 4 bridgehead atoms. The van der Waals surface area contributed by atoms with Gasteiger partial charge in [-0.25, -0.2) is 8.78 Å². The minimum absolute atomic E-state index is 0.00347. The number of ether oxygens (including phenoxy) is 2. The van der Waals surface area contributed by atoms with E-state index in [2.05, 4.69) is 32.1 Å². The number of nitrogens with zero attached hydrogens (tertiary/aromatic N) is 5. The number of phenolic OH excluding ortho intramolecular Hbond substituents is 1. The van der Waals surface area contributed by atoms with Crippen LogP contribution in [0.2, 0.25) is 0 Å². The maximum absolute atomic E-state index is 17.2. The maximum Gasteiger partial charge on any atom is 0.319 e. The molecule has 3 aromatic carbocycles. The lowest BCUT2D eigenvalue weighted by molar-refractivity contribution is -0.183. The van der Waals surface area contributed by atoms with Gasteiger partial charge < -0.3 is 24.8 Å². The van der Waals surface area contributed by atoms with E-state index in [1.54, 1.807) is 6.07 Å². The van der Waals surface area contributed by atoms with Gasteiger partial charge in [-0.1, -0.05) is 12.0 Å². The van der Waals surface area contributed by atoms with E-state index in [1.165, 1.54) is 24.3 Å². The van der Waals surface area contributed by atoms with Crippen LogP contribution < -0.4 is 15.0 Å². The highest BCUT2D eigenvalue weighted by Crippen LogP contribution is 2.48. The Morgan fingerprint density at radius 1 is 1.08 bits per heavy atom. The van der Waals surface area contributed by atoms with Crippen LogP contribution in [0.3, 0.4) is 0 Å². The summed E-state index contributed by atoms with van der Waals surface area (Å²) in [5.41, 5.74) is -0.118. The molecule has 4 aromatic rings. The first kappa shape index (κ1) is 29.6. The summed E-state index contributed by atoms with van der Waals surface area (Å²) in [5.74, 6) is 1.27. The molecular weight excluding hydrogens is 614 g/mol. The number of halogens is 2. The van der Waals surface area contributed by atoms with Crippen molar-refractivity contribution in [1.29, 1.82) is 5.26 Å². The van der Waals surface area contributed by atoms with E-state index in [4.69, 9.17) is 20.9 Å². The van der Waals surface area contributed by atoms with E-state index in [1.807, 2.05) is 0 Å². The predicted molar refractivity (Wildman–Crippen MR) is 176 cm³/mol. The van der Waals surface area contributed by atoms with E-state index < -0.39 is 11.6 Å². The number of aromatic hydroxyl groups is 1. The summed E-state index contributed by atoms with van der Waals surface area (Å²) in [4.78, 5) is 14.1. The topological polar surface area (TPSA) is 107 Å². The molecule has 6 fully saturated rings. The van der Waals surface area contributed by atoms with Crippen LogP contribution in [0.25, 0.3) is 32.8 Å². The van der Waals surface area contributed by atoms with Gasteiger partial charge in [-0.05, 0) is 60.9 Å². The molecule has 2 N–H and O–H groups in total. The number of nitriles is 1. The molecule has 5 saturated heterocycles. The van der Waals surface area contributed by atoms with E-state index in [0.717, 1.165) is 51.7 Å². The molecular formula is C37H34F2N6O3. The molecule has 244 valence electrons. The number of aromatic nitrogens is 2. The minimum atomic E-state index is -0.788. The van der Waals surface area contributed by atoms with Crippen molar-refractivity contribution in [3.8, 4) is 41.3 Å². The molecule has 0 spiro atoms. The molecule has 1 aromatic heterocycles. The van der Waals surface area contributed by atoms with Crippen molar-refractivity contribution in [1.82, 2.24) is 20.2 Å². The Hall–Kier alpha value is -4.55. The minimum Gasteiger partial charge on any atom is -0.508 e. The number of anilines is 1. The summed E-state index contributed by atoms with van der Waals surface area (Å²) in [6, 6.07) is 9.79. The van der Waals surface area contributed by atoms with Gasteiger partial charge in [0.2, 0.25) is 0 Å². The normalized spacial score (nSPS) is 25.5. The predicted octanol–water partition coefficient (Wildman–Crippen LogP) is 4.86. The molecule has 4 atom stereocenters. The fourth-order valence-corrected chi connectivity index (χ4v) is 8.37. The van der Waals surface area contributed by atoms with Gasteiger partial charge in [-0.2, -0.15) is 15.2 Å². The Bertz CT molecular complexity index is 2060. The molecule has 1 saturated carbocycles. The van der Waals surface area contributed by atoms with Crippen LogP contribution in [-0.4, -0.2) is 83.6 Å². The summed E-state index contributed by atoms with van der Waals surface area (Å²) in [7, 11) is 0. The van der Waals surface area contributed by atoms with Crippen LogP contribution >= 0.6 is 0 Å². The average molecular weight is 649 g/mol. The molecule has 48 heavy (non-hydrogen) atoms. The van der Waals surface area contributed by atoms with Gasteiger partial charge in [-0.15, -0.1) is 6.42 Å². The number of fused-ring (bicyclic) bond motifs is 6. The van der Waals surface area contributed by atoms with Gasteiger partial charge >= 0.3 is 6.01 Å². The standard InChI is InChI=1S/C37H34F2N6O3/c1-2-27-30(38)6-3-20-9-24(46)11-28(31(20)27)32-21(13-40)10-29-34(33(32)39)42-36(43-35(29)45-14-22-4-5-23(15-45)41-22)47-19-37(7-8-37)18-44-16-25-12-26(17-44)48-25/h1,3,6,9-11,22-23,25-26,41,46H,4-5,7-8,12,14-19H2. The van der Waals surface area contributed by atoms with Gasteiger partial charge in [0.15, 0.2) is 5.82 Å². The highest BCUT2D eigenvalue weighted by atomic mass is 19.1. The number of phenols is 1. The smallest absolute Gasteiger partial charge is 0.319 e. The second-order valence-electron chi connectivity index (χ2n) is 14.3. The number of terminal acetylenes is 1. The molecule has 0 amide bonds. The third-order valence-corrected chi connectivity index (χ3v) is 10.9. The highest BCUT2D eigenvalue weighted by molar-refractivity contribution is 6.05. The monoisotopic (exact) mass is 648 g/mol. The fourth-order valence-electron chi connectivity index (χ4n) is 8.37. The van der Waals surface area contributed by atoms with Gasteiger partial charge in [0.25, 0.3) is 0 Å². The lowest BCUT2D eigenvalue weighted by Crippen LogP contribution is -2.58. The second-order valence-corrected chi connectivity index (χ2v) is 14.3. The lowest BCUT2D eigenvalue weighted by atomic mass is 9.90. The quantitative estimate of drug-likeness (QED) is 0.272. The number of rotatable bonds is 7. The Morgan fingerprint density at radius 2 is 1.83 bits per heavy atom. The lowest BCUT2D eigenvalue weighted by Gasteiger charge is -2.48. The third-order valence-electron chi connectivity index (χ3n) is 10.9. The zero-order chi connectivity index (χ0) is 32.7. The second kappa shape index (κ2) is 11.0. The molecule has 11 heteroatoms. The number of hydrogen-bond donors (Lipinski definition) is 2. The van der Waals surface area contributed by atoms with Crippen LogP contribution in [0.1, 0.15) is 43.2 Å². The zero-order valence-electron chi connectivity index (χ0n) is 26.3. The van der Waals surface area contributed by atoms with Crippen LogP contribution in [0.15, 0.2) is 30.3 Å². The first-order valence-electron chi connectivity index (χ1n) is 16.7. The van der Waals surface area contributed by atoms with E-state index >= 15 is 4.39 Å². The number of piperidine rings is 1. The Kier molecular flexibility index (Phi) is 6.77. The van der Waals surface area contributed by atoms with Crippen molar-refractivity contribution < 1.29 is 23.4 Å². The van der Waals surface area contributed by atoms with Gasteiger partial charge in [0.1, 0.15) is 22.9 Å². The van der Waals surface area contributed by atoms with E-state index in [0.29, 0.717) is 48.5 Å². The average Bonchev–Trinajstić information content (AvgIpc) is 3.75. The summed E-state index contributed by atoms with van der Waals surface area (Å²) in [6.07, 6.45) is 11.7. The summed E-state index contributed by atoms with van der Waals surface area (Å²) < 4.78 is 44.3. The van der Waals surface area contributed by atoms with Crippen molar-refractivity contribution in [2.24, 2.45) is 5.41 Å². The van der Waals surface area contributed by atoms with E-state index in [-0.39, 0.29) is 62.4 Å². The molecule has 4 unspecified atom stereocenters. The number of morpholine rings is 1. The molecule has 5 aliphatic heterocycles. The van der Waals surface area contributed by atoms with E-state index in [9.17, 15) is 14.8 Å². The van der Waals surface area contributed by atoms with Crippen LogP contribution in [0, 0.1) is 40.7 Å². The summed E-state index contributed by atoms with van der Waals surface area (Å²) in [6.45, 7) is 4.55. The number of hydrogen-bond acceptors (Lipinski definition) is 9. The largest absolute Gasteiger partial charge is 0.508 e. The van der Waals surface area contributed by atoms with Crippen molar-refractivity contribution in [2.45, 2.75) is 56.4 Å². The van der Waals surface area contributed by atoms with Gasteiger partial charge in [0, 0.05) is 73.0 Å². The fraction of sp³-hybridized carbons (Fsp3) is 0.432. The molecule has 6 heterocycles. The summed E-state index contributed by atoms with van der Waals surface area (Å²) in [5, 5.41) is 25.7. The van der Waals surface area contributed by atoms with Crippen LogP contribution in [0.4, 0.5) is 14.6 Å². The maximum atomic E-state index is 17.2. The van der Waals surface area contributed by atoms with Crippen molar-refractivity contribution in [2.75, 3.05) is 44.2 Å². The number of piperazine rings is 1. The number of nitrogens with one attached hydrogen (secondary N) is 1. The molecule has 6 aliphatic rings. The summed E-state index contributed by atoms with van der Waals surface area (Å²) >= 11 is 0. The molecule has 0 radical (unpaired) electrons. The molecule has 9 nitrogen and oxygen atoms in total. The van der Waals surface area contributed by atoms with Crippen LogP contribution in [0.5, 0.6) is 11.8 Å². The highest BCUT2D eigenvalue weighted by Gasteiger charge is 2.48. The third kappa shape index (κ3) is 4.92. The van der Waals surface area contributed by atoms with Crippen LogP contribution in [-0.2, 0) is 4.74 Å².